The van der Waals surface area contributed by atoms with Gasteiger partial charge >= 0.3 is 0 Å². The maximum absolute atomic E-state index is 9.87. The van der Waals surface area contributed by atoms with E-state index in [0.29, 0.717) is 11.8 Å². The number of rotatable bonds is 4. The van der Waals surface area contributed by atoms with Gasteiger partial charge in [-0.2, -0.15) is 0 Å². The lowest BCUT2D eigenvalue weighted by Gasteiger charge is -2.19. The van der Waals surface area contributed by atoms with E-state index < -0.39 is 0 Å². The van der Waals surface area contributed by atoms with Crippen molar-refractivity contribution in [1.82, 2.24) is 5.32 Å². The summed E-state index contributed by atoms with van der Waals surface area (Å²) in [6, 6.07) is 6.50. The zero-order valence-corrected chi connectivity index (χ0v) is 11.3. The highest BCUT2D eigenvalue weighted by Gasteiger charge is 2.34. The predicted octanol–water partition coefficient (Wildman–Crippen LogP) is 3.60. The van der Waals surface area contributed by atoms with E-state index in [1.165, 1.54) is 6.42 Å². The number of phenolic OH excluding ortho intramolecular Hbond substituents is 1. The molecule has 1 saturated carbocycles. The van der Waals surface area contributed by atoms with Gasteiger partial charge in [0.15, 0.2) is 0 Å². The Morgan fingerprint density at radius 2 is 2.25 bits per heavy atom. The van der Waals surface area contributed by atoms with Gasteiger partial charge in [0.2, 0.25) is 0 Å². The minimum atomic E-state index is 0.257. The molecule has 1 aromatic rings. The first-order valence-electron chi connectivity index (χ1n) is 5.86. The molecule has 16 heavy (non-hydrogen) atoms. The van der Waals surface area contributed by atoms with Crippen LogP contribution in [0.15, 0.2) is 22.7 Å². The van der Waals surface area contributed by atoms with E-state index in [1.54, 1.807) is 6.07 Å². The maximum atomic E-state index is 9.87. The number of hydrogen-bond acceptors (Lipinski definition) is 2. The van der Waals surface area contributed by atoms with Gasteiger partial charge in [-0.15, -0.1) is 0 Å². The van der Waals surface area contributed by atoms with Crippen LogP contribution in [0, 0.1) is 5.92 Å². The second kappa shape index (κ2) is 4.76. The predicted molar refractivity (Wildman–Crippen MR) is 69.5 cm³/mol. The van der Waals surface area contributed by atoms with Crippen molar-refractivity contribution in [2.45, 2.75) is 38.8 Å². The van der Waals surface area contributed by atoms with E-state index in [2.05, 4.69) is 35.1 Å². The van der Waals surface area contributed by atoms with Gasteiger partial charge in [-0.1, -0.05) is 29.8 Å². The number of halogens is 1. The fourth-order valence-electron chi connectivity index (χ4n) is 2.04. The average Bonchev–Trinajstić information content (AvgIpc) is 2.95. The standard InChI is InChI=1S/C13H18BrNO/c1-3-11(15-12-6-8(12)2)10-7-9(14)4-5-13(10)16/h4-5,7-8,11-12,15-16H,3,6H2,1-2H3. The van der Waals surface area contributed by atoms with E-state index in [4.69, 9.17) is 0 Å². The van der Waals surface area contributed by atoms with Crippen LogP contribution in [0.4, 0.5) is 0 Å². The summed E-state index contributed by atoms with van der Waals surface area (Å²) in [7, 11) is 0. The van der Waals surface area contributed by atoms with E-state index in [1.807, 2.05) is 12.1 Å². The Labute approximate surface area is 105 Å². The van der Waals surface area contributed by atoms with E-state index >= 15 is 0 Å². The van der Waals surface area contributed by atoms with Gasteiger partial charge in [-0.05, 0) is 37.0 Å². The van der Waals surface area contributed by atoms with Gasteiger partial charge in [0.05, 0.1) is 0 Å². The average molecular weight is 284 g/mol. The molecule has 1 aromatic carbocycles. The highest BCUT2D eigenvalue weighted by molar-refractivity contribution is 9.10. The molecule has 0 bridgehead atoms. The third-order valence-corrected chi connectivity index (χ3v) is 3.79. The third kappa shape index (κ3) is 2.58. The van der Waals surface area contributed by atoms with E-state index in [9.17, 15) is 5.11 Å². The third-order valence-electron chi connectivity index (χ3n) is 3.30. The molecule has 1 aliphatic carbocycles. The fourth-order valence-corrected chi connectivity index (χ4v) is 2.42. The minimum absolute atomic E-state index is 0.257. The molecule has 0 radical (unpaired) electrons. The summed E-state index contributed by atoms with van der Waals surface area (Å²) in [4.78, 5) is 0. The second-order valence-electron chi connectivity index (χ2n) is 4.65. The van der Waals surface area contributed by atoms with Gasteiger partial charge in [-0.25, -0.2) is 0 Å². The second-order valence-corrected chi connectivity index (χ2v) is 5.57. The molecule has 2 nitrogen and oxygen atoms in total. The van der Waals surface area contributed by atoms with Crippen molar-refractivity contribution in [2.24, 2.45) is 5.92 Å². The van der Waals surface area contributed by atoms with Crippen molar-refractivity contribution < 1.29 is 5.11 Å². The van der Waals surface area contributed by atoms with Crippen LogP contribution in [-0.4, -0.2) is 11.1 Å². The molecule has 3 unspecified atom stereocenters. The lowest BCUT2D eigenvalue weighted by atomic mass is 10.0. The quantitative estimate of drug-likeness (QED) is 0.885. The lowest BCUT2D eigenvalue weighted by Crippen LogP contribution is -2.24. The summed E-state index contributed by atoms with van der Waals surface area (Å²) in [6.07, 6.45) is 2.25. The highest BCUT2D eigenvalue weighted by atomic mass is 79.9. The summed E-state index contributed by atoms with van der Waals surface area (Å²) in [5.41, 5.74) is 0.996. The van der Waals surface area contributed by atoms with Gasteiger partial charge < -0.3 is 10.4 Å². The summed E-state index contributed by atoms with van der Waals surface area (Å²) >= 11 is 3.45. The van der Waals surface area contributed by atoms with Crippen LogP contribution in [0.5, 0.6) is 5.75 Å². The molecule has 3 atom stereocenters. The zero-order chi connectivity index (χ0) is 11.7. The lowest BCUT2D eigenvalue weighted by molar-refractivity contribution is 0.437. The van der Waals surface area contributed by atoms with Gasteiger partial charge in [0, 0.05) is 22.1 Å². The molecule has 0 spiro atoms. The summed E-state index contributed by atoms with van der Waals surface area (Å²) in [5.74, 6) is 1.17. The molecule has 1 fully saturated rings. The molecular formula is C13H18BrNO. The first-order chi connectivity index (χ1) is 7.61. The molecule has 0 amide bonds. The largest absolute Gasteiger partial charge is 0.508 e. The van der Waals surface area contributed by atoms with E-state index in [-0.39, 0.29) is 6.04 Å². The number of hydrogen-bond donors (Lipinski definition) is 2. The highest BCUT2D eigenvalue weighted by Crippen LogP contribution is 2.35. The van der Waals surface area contributed by atoms with Gasteiger partial charge in [0.25, 0.3) is 0 Å². The Balaban J connectivity index is 2.15. The Kier molecular flexibility index (Phi) is 3.55. The smallest absolute Gasteiger partial charge is 0.120 e. The first kappa shape index (κ1) is 11.9. The van der Waals surface area contributed by atoms with Crippen LogP contribution < -0.4 is 5.32 Å². The fraction of sp³-hybridized carbons (Fsp3) is 0.538. The molecular weight excluding hydrogens is 266 g/mol. The van der Waals surface area contributed by atoms with Crippen molar-refractivity contribution in [3.63, 3.8) is 0 Å². The molecule has 2 rings (SSSR count). The van der Waals surface area contributed by atoms with E-state index in [0.717, 1.165) is 22.4 Å². The number of aromatic hydroxyl groups is 1. The molecule has 2 N–H and O–H groups in total. The normalized spacial score (nSPS) is 25.4. The van der Waals surface area contributed by atoms with Crippen LogP contribution >= 0.6 is 15.9 Å². The minimum Gasteiger partial charge on any atom is -0.508 e. The SMILES string of the molecule is CCC(NC1CC1C)c1cc(Br)ccc1O. The number of nitrogens with one attached hydrogen (secondary N) is 1. The molecule has 88 valence electrons. The molecule has 0 saturated heterocycles. The molecule has 1 aliphatic rings. The first-order valence-corrected chi connectivity index (χ1v) is 6.65. The van der Waals surface area contributed by atoms with Crippen LogP contribution in [0.1, 0.15) is 38.3 Å². The Bertz CT molecular complexity index is 380. The maximum Gasteiger partial charge on any atom is 0.120 e. The van der Waals surface area contributed by atoms with Crippen LogP contribution in [0.25, 0.3) is 0 Å². The van der Waals surface area contributed by atoms with Crippen LogP contribution in [0.2, 0.25) is 0 Å². The zero-order valence-electron chi connectivity index (χ0n) is 9.70. The Hall–Kier alpha value is -0.540. The van der Waals surface area contributed by atoms with Crippen LogP contribution in [-0.2, 0) is 0 Å². The van der Waals surface area contributed by atoms with Crippen molar-refractivity contribution in [1.29, 1.82) is 0 Å². The molecule has 3 heteroatoms. The summed E-state index contributed by atoms with van der Waals surface area (Å²) in [5, 5.41) is 13.5. The van der Waals surface area contributed by atoms with Crippen LogP contribution in [0.3, 0.4) is 0 Å². The summed E-state index contributed by atoms with van der Waals surface area (Å²) < 4.78 is 1.02. The topological polar surface area (TPSA) is 32.3 Å². The molecule has 0 aromatic heterocycles. The monoisotopic (exact) mass is 283 g/mol. The summed E-state index contributed by atoms with van der Waals surface area (Å²) in [6.45, 7) is 4.40. The number of phenols is 1. The van der Waals surface area contributed by atoms with Crippen molar-refractivity contribution in [3.05, 3.63) is 28.2 Å². The van der Waals surface area contributed by atoms with Crippen molar-refractivity contribution in [3.8, 4) is 5.75 Å². The van der Waals surface area contributed by atoms with Crippen molar-refractivity contribution in [2.75, 3.05) is 0 Å². The Morgan fingerprint density at radius 3 is 2.81 bits per heavy atom. The van der Waals surface area contributed by atoms with Gasteiger partial charge in [0.1, 0.15) is 5.75 Å². The molecule has 0 heterocycles. The van der Waals surface area contributed by atoms with Gasteiger partial charge in [-0.3, -0.25) is 0 Å². The number of benzene rings is 1. The molecule has 0 aliphatic heterocycles. The Morgan fingerprint density at radius 1 is 1.56 bits per heavy atom. The van der Waals surface area contributed by atoms with Crippen molar-refractivity contribution >= 4 is 15.9 Å².